The number of nitrogens with zero attached hydrogens (tertiary/aromatic N) is 1. The van der Waals surface area contributed by atoms with Crippen LogP contribution in [0, 0.1) is 24.6 Å². The van der Waals surface area contributed by atoms with Gasteiger partial charge in [0.2, 0.25) is 0 Å². The Labute approximate surface area is 115 Å². The fraction of sp³-hybridized carbons (Fsp3) is 0.625. The van der Waals surface area contributed by atoms with E-state index in [0.717, 1.165) is 49.1 Å². The summed E-state index contributed by atoms with van der Waals surface area (Å²) < 4.78 is 13.6. The van der Waals surface area contributed by atoms with E-state index in [-0.39, 0.29) is 11.4 Å². The van der Waals surface area contributed by atoms with Crippen molar-refractivity contribution < 1.29 is 4.39 Å². The largest absolute Gasteiger partial charge is 0.316 e. The van der Waals surface area contributed by atoms with Crippen LogP contribution in [0.25, 0.3) is 0 Å². The van der Waals surface area contributed by atoms with Crippen LogP contribution in [-0.2, 0) is 6.54 Å². The average molecular weight is 262 g/mol. The molecule has 0 spiro atoms. The summed E-state index contributed by atoms with van der Waals surface area (Å²) in [4.78, 5) is 2.52. The molecule has 2 heterocycles. The van der Waals surface area contributed by atoms with Crippen molar-refractivity contribution in [1.82, 2.24) is 10.2 Å². The van der Waals surface area contributed by atoms with Crippen LogP contribution < -0.4 is 5.32 Å². The van der Waals surface area contributed by atoms with Crippen LogP contribution in [0.15, 0.2) is 18.2 Å². The summed E-state index contributed by atoms with van der Waals surface area (Å²) in [7, 11) is 0. The van der Waals surface area contributed by atoms with Gasteiger partial charge in [-0.05, 0) is 56.3 Å². The van der Waals surface area contributed by atoms with E-state index in [1.54, 1.807) is 6.07 Å². The van der Waals surface area contributed by atoms with Crippen molar-refractivity contribution in [1.29, 1.82) is 0 Å². The molecule has 3 rings (SSSR count). The van der Waals surface area contributed by atoms with Gasteiger partial charge in [-0.2, -0.15) is 0 Å². The van der Waals surface area contributed by atoms with E-state index in [1.165, 1.54) is 0 Å². The fourth-order valence-electron chi connectivity index (χ4n) is 3.73. The van der Waals surface area contributed by atoms with E-state index in [0.29, 0.717) is 0 Å². The highest BCUT2D eigenvalue weighted by Gasteiger charge is 2.49. The van der Waals surface area contributed by atoms with Crippen LogP contribution in [0.1, 0.15) is 25.0 Å². The number of hydrogen-bond donors (Lipinski definition) is 1. The normalized spacial score (nSPS) is 29.7. The maximum Gasteiger partial charge on any atom is 0.126 e. The number of halogens is 1. The van der Waals surface area contributed by atoms with Crippen molar-refractivity contribution in [3.05, 3.63) is 35.1 Å². The van der Waals surface area contributed by atoms with E-state index < -0.39 is 0 Å². The zero-order chi connectivity index (χ0) is 13.6. The molecule has 2 saturated heterocycles. The summed E-state index contributed by atoms with van der Waals surface area (Å²) in [6.45, 7) is 10.7. The molecule has 2 fully saturated rings. The van der Waals surface area contributed by atoms with Crippen LogP contribution in [0.2, 0.25) is 0 Å². The number of likely N-dealkylation sites (tertiary alicyclic amines) is 1. The lowest BCUT2D eigenvalue weighted by Gasteiger charge is -2.35. The summed E-state index contributed by atoms with van der Waals surface area (Å²) >= 11 is 0. The SMILES string of the molecule is Cc1ccc(CN2CC3CNCC3C2(C)C)cc1F. The first-order valence-electron chi connectivity index (χ1n) is 7.19. The van der Waals surface area contributed by atoms with Crippen LogP contribution in [0.4, 0.5) is 4.39 Å². The maximum absolute atomic E-state index is 13.6. The summed E-state index contributed by atoms with van der Waals surface area (Å²) in [6.07, 6.45) is 0. The molecule has 19 heavy (non-hydrogen) atoms. The molecule has 3 heteroatoms. The van der Waals surface area contributed by atoms with Crippen molar-refractivity contribution in [2.75, 3.05) is 19.6 Å². The Morgan fingerprint density at radius 2 is 2.16 bits per heavy atom. The first kappa shape index (κ1) is 13.1. The van der Waals surface area contributed by atoms with E-state index in [4.69, 9.17) is 0 Å². The number of nitrogens with one attached hydrogen (secondary N) is 1. The third-order valence-corrected chi connectivity index (χ3v) is 5.13. The van der Waals surface area contributed by atoms with Crippen LogP contribution in [0.3, 0.4) is 0 Å². The van der Waals surface area contributed by atoms with Gasteiger partial charge in [0.15, 0.2) is 0 Å². The molecular formula is C16H23FN2. The lowest BCUT2D eigenvalue weighted by Crippen LogP contribution is -2.43. The third-order valence-electron chi connectivity index (χ3n) is 5.13. The predicted octanol–water partition coefficient (Wildman–Crippen LogP) is 2.56. The highest BCUT2D eigenvalue weighted by Crippen LogP contribution is 2.41. The highest BCUT2D eigenvalue weighted by molar-refractivity contribution is 5.24. The van der Waals surface area contributed by atoms with Gasteiger partial charge in [-0.15, -0.1) is 0 Å². The monoisotopic (exact) mass is 262 g/mol. The minimum Gasteiger partial charge on any atom is -0.316 e. The predicted molar refractivity (Wildman–Crippen MR) is 75.5 cm³/mol. The summed E-state index contributed by atoms with van der Waals surface area (Å²) in [5.74, 6) is 1.39. The number of fused-ring (bicyclic) bond motifs is 1. The van der Waals surface area contributed by atoms with Gasteiger partial charge in [-0.25, -0.2) is 4.39 Å². The van der Waals surface area contributed by atoms with Crippen molar-refractivity contribution in [2.24, 2.45) is 11.8 Å². The van der Waals surface area contributed by atoms with E-state index >= 15 is 0 Å². The maximum atomic E-state index is 13.6. The first-order valence-corrected chi connectivity index (χ1v) is 7.19. The van der Waals surface area contributed by atoms with E-state index in [1.807, 2.05) is 13.0 Å². The van der Waals surface area contributed by atoms with Crippen molar-refractivity contribution >= 4 is 0 Å². The molecule has 0 aliphatic carbocycles. The Morgan fingerprint density at radius 3 is 2.84 bits per heavy atom. The van der Waals surface area contributed by atoms with Crippen molar-refractivity contribution in [3.63, 3.8) is 0 Å². The minimum absolute atomic E-state index is 0.0867. The molecule has 1 aromatic rings. The average Bonchev–Trinajstić information content (AvgIpc) is 2.89. The van der Waals surface area contributed by atoms with Gasteiger partial charge in [0.05, 0.1) is 0 Å². The molecule has 2 nitrogen and oxygen atoms in total. The molecule has 0 amide bonds. The van der Waals surface area contributed by atoms with Gasteiger partial charge in [0, 0.05) is 25.2 Å². The molecular weight excluding hydrogens is 239 g/mol. The molecule has 0 saturated carbocycles. The molecule has 1 aromatic carbocycles. The Morgan fingerprint density at radius 1 is 1.37 bits per heavy atom. The second kappa shape index (κ2) is 4.57. The number of aryl methyl sites for hydroxylation is 1. The quantitative estimate of drug-likeness (QED) is 0.881. The first-order chi connectivity index (χ1) is 8.98. The van der Waals surface area contributed by atoms with Crippen LogP contribution in [-0.4, -0.2) is 30.1 Å². The zero-order valence-corrected chi connectivity index (χ0v) is 12.0. The van der Waals surface area contributed by atoms with Gasteiger partial charge in [0.1, 0.15) is 5.82 Å². The molecule has 0 radical (unpaired) electrons. The molecule has 1 N–H and O–H groups in total. The Kier molecular flexibility index (Phi) is 3.14. The second-order valence-corrected chi connectivity index (χ2v) is 6.64. The lowest BCUT2D eigenvalue weighted by atomic mass is 9.85. The van der Waals surface area contributed by atoms with Crippen LogP contribution in [0.5, 0.6) is 0 Å². The zero-order valence-electron chi connectivity index (χ0n) is 12.0. The number of benzene rings is 1. The fourth-order valence-corrected chi connectivity index (χ4v) is 3.73. The molecule has 0 bridgehead atoms. The third kappa shape index (κ3) is 2.19. The van der Waals surface area contributed by atoms with Gasteiger partial charge >= 0.3 is 0 Å². The molecule has 2 unspecified atom stereocenters. The van der Waals surface area contributed by atoms with Crippen molar-refractivity contribution in [3.8, 4) is 0 Å². The topological polar surface area (TPSA) is 15.3 Å². The standard InChI is InChI=1S/C16H23FN2/c1-11-4-5-12(6-15(11)17)9-19-10-13-7-18-8-14(13)16(19,2)3/h4-6,13-14,18H,7-10H2,1-3H3. The molecule has 0 aromatic heterocycles. The number of rotatable bonds is 2. The van der Waals surface area contributed by atoms with Crippen molar-refractivity contribution in [2.45, 2.75) is 32.9 Å². The molecule has 104 valence electrons. The Balaban J connectivity index is 1.78. The highest BCUT2D eigenvalue weighted by atomic mass is 19.1. The van der Waals surface area contributed by atoms with Gasteiger partial charge in [-0.1, -0.05) is 12.1 Å². The molecule has 2 aliphatic heterocycles. The summed E-state index contributed by atoms with van der Waals surface area (Å²) in [6, 6.07) is 5.63. The molecule has 2 aliphatic rings. The lowest BCUT2D eigenvalue weighted by molar-refractivity contribution is 0.132. The molecule has 2 atom stereocenters. The second-order valence-electron chi connectivity index (χ2n) is 6.64. The van der Waals surface area contributed by atoms with Gasteiger partial charge in [0.25, 0.3) is 0 Å². The van der Waals surface area contributed by atoms with Crippen LogP contribution >= 0.6 is 0 Å². The minimum atomic E-state index is -0.0867. The Hall–Kier alpha value is -0.930. The van der Waals surface area contributed by atoms with Gasteiger partial charge in [-0.3, -0.25) is 4.90 Å². The Bertz CT molecular complexity index is 484. The number of hydrogen-bond acceptors (Lipinski definition) is 2. The van der Waals surface area contributed by atoms with E-state index in [2.05, 4.69) is 30.1 Å². The smallest absolute Gasteiger partial charge is 0.126 e. The summed E-state index contributed by atoms with van der Waals surface area (Å²) in [5.41, 5.74) is 2.02. The summed E-state index contributed by atoms with van der Waals surface area (Å²) in [5, 5.41) is 3.49. The van der Waals surface area contributed by atoms with Gasteiger partial charge < -0.3 is 5.32 Å². The van der Waals surface area contributed by atoms with E-state index in [9.17, 15) is 4.39 Å².